The number of carbonyl (C=O) groups is 2. The maximum atomic E-state index is 13.3. The Hall–Kier alpha value is -2.09. The minimum absolute atomic E-state index is 0.220. The Labute approximate surface area is 118 Å². The van der Waals surface area contributed by atoms with E-state index in [1.54, 1.807) is 0 Å². The molecule has 1 fully saturated rings. The van der Waals surface area contributed by atoms with Gasteiger partial charge in [0.05, 0.1) is 18.3 Å². The zero-order valence-electron chi connectivity index (χ0n) is 11.1. The Morgan fingerprint density at radius 3 is 2.52 bits per heavy atom. The number of halogens is 3. The van der Waals surface area contributed by atoms with Crippen molar-refractivity contribution >= 4 is 17.5 Å². The SMILES string of the molecule is O=C(C[NH2+]C1CC1)NCC(=O)Nc1ccc(F)c(F)c1F. The lowest BCUT2D eigenvalue weighted by molar-refractivity contribution is -0.657. The number of nitrogens with two attached hydrogens (primary N) is 1. The van der Waals surface area contributed by atoms with Crippen LogP contribution in [0.25, 0.3) is 0 Å². The number of nitrogens with one attached hydrogen (secondary N) is 2. The molecule has 1 aromatic rings. The summed E-state index contributed by atoms with van der Waals surface area (Å²) < 4.78 is 39.0. The number of anilines is 1. The minimum atomic E-state index is -1.66. The fourth-order valence-corrected chi connectivity index (χ4v) is 1.67. The van der Waals surface area contributed by atoms with Crippen molar-refractivity contribution in [3.8, 4) is 0 Å². The summed E-state index contributed by atoms with van der Waals surface area (Å²) in [5, 5.41) is 6.30. The van der Waals surface area contributed by atoms with E-state index in [2.05, 4.69) is 10.6 Å². The highest BCUT2D eigenvalue weighted by Crippen LogP contribution is 2.19. The predicted molar refractivity (Wildman–Crippen MR) is 67.8 cm³/mol. The van der Waals surface area contributed by atoms with Gasteiger partial charge in [-0.05, 0) is 12.1 Å². The molecular weight excluding hydrogens is 287 g/mol. The van der Waals surface area contributed by atoms with E-state index < -0.39 is 29.0 Å². The van der Waals surface area contributed by atoms with Gasteiger partial charge in [0.15, 0.2) is 24.0 Å². The lowest BCUT2D eigenvalue weighted by atomic mass is 10.2. The molecule has 0 bridgehead atoms. The van der Waals surface area contributed by atoms with E-state index in [1.807, 2.05) is 5.32 Å². The smallest absolute Gasteiger partial charge is 0.275 e. The molecular formula is C13H15F3N3O2+. The topological polar surface area (TPSA) is 74.8 Å². The van der Waals surface area contributed by atoms with Gasteiger partial charge in [0.1, 0.15) is 0 Å². The van der Waals surface area contributed by atoms with Crippen LogP contribution in [0.1, 0.15) is 12.8 Å². The first-order valence-corrected chi connectivity index (χ1v) is 6.50. The summed E-state index contributed by atoms with van der Waals surface area (Å²) in [5.74, 6) is -5.51. The molecule has 0 saturated heterocycles. The second-order valence-electron chi connectivity index (χ2n) is 4.83. The Morgan fingerprint density at radius 1 is 1.14 bits per heavy atom. The van der Waals surface area contributed by atoms with Crippen LogP contribution in [-0.4, -0.2) is 30.9 Å². The molecule has 4 N–H and O–H groups in total. The van der Waals surface area contributed by atoms with Gasteiger partial charge in [0.25, 0.3) is 5.91 Å². The molecule has 1 aliphatic rings. The number of hydrogen-bond acceptors (Lipinski definition) is 2. The van der Waals surface area contributed by atoms with Gasteiger partial charge >= 0.3 is 0 Å². The lowest BCUT2D eigenvalue weighted by Gasteiger charge is -2.08. The van der Waals surface area contributed by atoms with E-state index in [9.17, 15) is 22.8 Å². The summed E-state index contributed by atoms with van der Waals surface area (Å²) >= 11 is 0. The highest BCUT2D eigenvalue weighted by Gasteiger charge is 2.25. The lowest BCUT2D eigenvalue weighted by Crippen LogP contribution is -2.88. The molecule has 5 nitrogen and oxygen atoms in total. The molecule has 1 aliphatic carbocycles. The van der Waals surface area contributed by atoms with Crippen molar-refractivity contribution in [1.29, 1.82) is 0 Å². The Balaban J connectivity index is 1.78. The molecule has 21 heavy (non-hydrogen) atoms. The molecule has 0 aliphatic heterocycles. The third kappa shape index (κ3) is 4.45. The normalized spacial score (nSPS) is 13.9. The van der Waals surface area contributed by atoms with Gasteiger partial charge in [-0.15, -0.1) is 0 Å². The maximum Gasteiger partial charge on any atom is 0.275 e. The monoisotopic (exact) mass is 302 g/mol. The van der Waals surface area contributed by atoms with E-state index in [-0.39, 0.29) is 19.0 Å². The highest BCUT2D eigenvalue weighted by atomic mass is 19.2. The molecule has 8 heteroatoms. The van der Waals surface area contributed by atoms with Crippen LogP contribution in [0.4, 0.5) is 18.9 Å². The fourth-order valence-electron chi connectivity index (χ4n) is 1.67. The van der Waals surface area contributed by atoms with Crippen LogP contribution in [0.15, 0.2) is 12.1 Å². The van der Waals surface area contributed by atoms with Crippen molar-refractivity contribution < 1.29 is 28.1 Å². The van der Waals surface area contributed by atoms with Gasteiger partial charge in [-0.1, -0.05) is 0 Å². The van der Waals surface area contributed by atoms with Crippen molar-refractivity contribution in [1.82, 2.24) is 5.32 Å². The summed E-state index contributed by atoms with van der Waals surface area (Å²) in [5.41, 5.74) is -0.474. The molecule has 0 aromatic heterocycles. The number of amides is 2. The molecule has 0 unspecified atom stereocenters. The van der Waals surface area contributed by atoms with Crippen LogP contribution in [0, 0.1) is 17.5 Å². The number of quaternary nitrogens is 1. The first-order chi connectivity index (χ1) is 9.97. The quantitative estimate of drug-likeness (QED) is 0.641. The molecule has 1 saturated carbocycles. The summed E-state index contributed by atoms with van der Waals surface area (Å²) in [6.07, 6.45) is 2.17. The van der Waals surface area contributed by atoms with Crippen molar-refractivity contribution in [3.63, 3.8) is 0 Å². The molecule has 0 atom stereocenters. The average molecular weight is 302 g/mol. The van der Waals surface area contributed by atoms with Crippen LogP contribution in [0.3, 0.4) is 0 Å². The van der Waals surface area contributed by atoms with Crippen LogP contribution in [0.2, 0.25) is 0 Å². The van der Waals surface area contributed by atoms with Crippen LogP contribution in [-0.2, 0) is 9.59 Å². The number of hydrogen-bond donors (Lipinski definition) is 3. The Morgan fingerprint density at radius 2 is 1.86 bits per heavy atom. The highest BCUT2D eigenvalue weighted by molar-refractivity contribution is 5.94. The standard InChI is InChI=1S/C13H14F3N3O2/c14-8-3-4-9(13(16)12(8)15)19-11(21)6-18-10(20)5-17-7-1-2-7/h3-4,7,17H,1-2,5-6H2,(H,18,20)(H,19,21)/p+1. The molecule has 1 aromatic carbocycles. The zero-order valence-corrected chi connectivity index (χ0v) is 11.1. The van der Waals surface area contributed by atoms with Gasteiger partial charge in [-0.2, -0.15) is 0 Å². The fraction of sp³-hybridized carbons (Fsp3) is 0.385. The second kappa shape index (κ2) is 6.57. The number of carbonyl (C=O) groups excluding carboxylic acids is 2. The third-order valence-electron chi connectivity index (χ3n) is 3.01. The summed E-state index contributed by atoms with van der Waals surface area (Å²) in [6.45, 7) is -0.146. The van der Waals surface area contributed by atoms with E-state index in [0.717, 1.165) is 18.9 Å². The first-order valence-electron chi connectivity index (χ1n) is 6.50. The number of rotatable bonds is 6. The van der Waals surface area contributed by atoms with Crippen LogP contribution < -0.4 is 16.0 Å². The largest absolute Gasteiger partial charge is 0.342 e. The molecule has 0 radical (unpaired) electrons. The van der Waals surface area contributed by atoms with Crippen LogP contribution in [0.5, 0.6) is 0 Å². The Bertz CT molecular complexity index is 562. The second-order valence-corrected chi connectivity index (χ2v) is 4.83. The molecule has 2 rings (SSSR count). The van der Waals surface area contributed by atoms with Crippen molar-refractivity contribution in [3.05, 3.63) is 29.6 Å². The van der Waals surface area contributed by atoms with Crippen molar-refractivity contribution in [2.24, 2.45) is 0 Å². The van der Waals surface area contributed by atoms with E-state index in [1.165, 1.54) is 0 Å². The van der Waals surface area contributed by atoms with Crippen molar-refractivity contribution in [2.45, 2.75) is 18.9 Å². The van der Waals surface area contributed by atoms with Gasteiger partial charge in [0, 0.05) is 12.8 Å². The maximum absolute atomic E-state index is 13.3. The van der Waals surface area contributed by atoms with Gasteiger partial charge in [-0.25, -0.2) is 13.2 Å². The molecule has 114 valence electrons. The Kier molecular flexibility index (Phi) is 4.79. The van der Waals surface area contributed by atoms with E-state index >= 15 is 0 Å². The van der Waals surface area contributed by atoms with Crippen LogP contribution >= 0.6 is 0 Å². The molecule has 2 amide bonds. The van der Waals surface area contributed by atoms with Gasteiger partial charge < -0.3 is 16.0 Å². The van der Waals surface area contributed by atoms with E-state index in [4.69, 9.17) is 0 Å². The molecule has 0 spiro atoms. The van der Waals surface area contributed by atoms with Gasteiger partial charge in [-0.3, -0.25) is 9.59 Å². The van der Waals surface area contributed by atoms with Gasteiger partial charge in [0.2, 0.25) is 5.91 Å². The summed E-state index contributed by atoms with van der Waals surface area (Å²) in [6, 6.07) is 2.10. The zero-order chi connectivity index (χ0) is 15.4. The summed E-state index contributed by atoms with van der Waals surface area (Å²) in [4.78, 5) is 22.9. The summed E-state index contributed by atoms with van der Waals surface area (Å²) in [7, 11) is 0. The predicted octanol–water partition coefficient (Wildman–Crippen LogP) is -0.116. The third-order valence-corrected chi connectivity index (χ3v) is 3.01. The number of benzene rings is 1. The minimum Gasteiger partial charge on any atom is -0.342 e. The van der Waals surface area contributed by atoms with E-state index in [0.29, 0.717) is 12.1 Å². The average Bonchev–Trinajstić information content (AvgIpc) is 3.28. The molecule has 0 heterocycles. The first kappa shape index (κ1) is 15.3. The van der Waals surface area contributed by atoms with Crippen molar-refractivity contribution in [2.75, 3.05) is 18.4 Å².